The third-order valence-corrected chi connectivity index (χ3v) is 3.83. The van der Waals surface area contributed by atoms with Crippen molar-refractivity contribution in [2.24, 2.45) is 5.41 Å². The fourth-order valence-electron chi connectivity index (χ4n) is 2.06. The molecule has 1 aromatic carbocycles. The molecule has 0 bridgehead atoms. The Morgan fingerprint density at radius 2 is 1.86 bits per heavy atom. The van der Waals surface area contributed by atoms with Crippen molar-refractivity contribution >= 4 is 35.1 Å². The van der Waals surface area contributed by atoms with Crippen molar-refractivity contribution in [2.75, 3.05) is 0 Å². The van der Waals surface area contributed by atoms with Crippen LogP contribution in [-0.2, 0) is 9.59 Å². The number of nitrogens with one attached hydrogen (secondary N) is 1. The van der Waals surface area contributed by atoms with Gasteiger partial charge in [-0.15, -0.1) is 0 Å². The predicted octanol–water partition coefficient (Wildman–Crippen LogP) is 4.06. The van der Waals surface area contributed by atoms with E-state index in [0.717, 1.165) is 5.56 Å². The molecule has 1 atom stereocenters. The van der Waals surface area contributed by atoms with E-state index in [0.29, 0.717) is 10.0 Å². The zero-order valence-corrected chi connectivity index (χ0v) is 13.8. The van der Waals surface area contributed by atoms with Crippen LogP contribution in [0, 0.1) is 5.41 Å². The van der Waals surface area contributed by atoms with Crippen molar-refractivity contribution in [3.05, 3.63) is 33.8 Å². The maximum Gasteiger partial charge on any atom is 0.303 e. The molecule has 0 saturated carbocycles. The molecule has 1 unspecified atom stereocenters. The summed E-state index contributed by atoms with van der Waals surface area (Å²) in [5, 5.41) is 12.5. The zero-order chi connectivity index (χ0) is 16.2. The summed E-state index contributed by atoms with van der Waals surface area (Å²) in [7, 11) is 0. The molecule has 6 heteroatoms. The first-order valence-corrected chi connectivity index (χ1v) is 7.32. The van der Waals surface area contributed by atoms with Crippen LogP contribution in [0.5, 0.6) is 0 Å². The number of carbonyl (C=O) groups is 2. The number of rotatable bonds is 6. The molecule has 1 aromatic rings. The molecular weight excluding hydrogens is 313 g/mol. The summed E-state index contributed by atoms with van der Waals surface area (Å²) < 4.78 is 0. The third kappa shape index (κ3) is 5.94. The van der Waals surface area contributed by atoms with Gasteiger partial charge in [0.05, 0.1) is 22.5 Å². The lowest BCUT2D eigenvalue weighted by Gasteiger charge is -2.23. The van der Waals surface area contributed by atoms with E-state index in [1.54, 1.807) is 32.0 Å². The average molecular weight is 332 g/mol. The Hall–Kier alpha value is -1.26. The van der Waals surface area contributed by atoms with E-state index in [1.165, 1.54) is 0 Å². The number of benzene rings is 1. The minimum Gasteiger partial charge on any atom is -0.481 e. The molecule has 0 aliphatic carbocycles. The van der Waals surface area contributed by atoms with Crippen molar-refractivity contribution in [3.8, 4) is 0 Å². The first-order valence-electron chi connectivity index (χ1n) is 6.57. The molecule has 0 heterocycles. The second-order valence-corrected chi connectivity index (χ2v) is 6.69. The quantitative estimate of drug-likeness (QED) is 0.825. The van der Waals surface area contributed by atoms with Gasteiger partial charge < -0.3 is 10.4 Å². The first-order chi connectivity index (χ1) is 9.60. The number of aliphatic carboxylic acids is 1. The van der Waals surface area contributed by atoms with Crippen LogP contribution in [0.15, 0.2) is 18.2 Å². The lowest BCUT2D eigenvalue weighted by Crippen LogP contribution is -2.31. The second kappa shape index (κ2) is 7.14. The van der Waals surface area contributed by atoms with E-state index in [1.807, 2.05) is 6.92 Å². The lowest BCUT2D eigenvalue weighted by molar-refractivity contribution is -0.139. The van der Waals surface area contributed by atoms with Crippen LogP contribution in [0.25, 0.3) is 0 Å². The maximum absolute atomic E-state index is 12.0. The predicted molar refractivity (Wildman–Crippen MR) is 83.7 cm³/mol. The molecule has 1 rings (SSSR count). The Morgan fingerprint density at radius 1 is 1.24 bits per heavy atom. The van der Waals surface area contributed by atoms with E-state index in [9.17, 15) is 9.59 Å². The average Bonchev–Trinajstić information content (AvgIpc) is 2.29. The molecular formula is C15H19Cl2NO3. The van der Waals surface area contributed by atoms with E-state index in [2.05, 4.69) is 5.32 Å². The maximum atomic E-state index is 12.0. The third-order valence-electron chi connectivity index (χ3n) is 3.09. The number of hydrogen-bond donors (Lipinski definition) is 2. The molecule has 4 nitrogen and oxygen atoms in total. The molecule has 0 radical (unpaired) electrons. The fourth-order valence-corrected chi connectivity index (χ4v) is 2.37. The topological polar surface area (TPSA) is 66.4 Å². The number of carboxylic acid groups (broad SMARTS) is 1. The summed E-state index contributed by atoms with van der Waals surface area (Å²) in [5.74, 6) is -1.11. The normalized spacial score (nSPS) is 12.8. The molecule has 116 valence electrons. The van der Waals surface area contributed by atoms with E-state index in [-0.39, 0.29) is 24.8 Å². The van der Waals surface area contributed by atoms with Crippen LogP contribution in [0.3, 0.4) is 0 Å². The minimum absolute atomic E-state index is 0.0540. The van der Waals surface area contributed by atoms with Crippen LogP contribution in [0.2, 0.25) is 10.0 Å². The molecule has 1 amide bonds. The van der Waals surface area contributed by atoms with Crippen LogP contribution in [0.1, 0.15) is 45.2 Å². The number of hydrogen-bond acceptors (Lipinski definition) is 2. The summed E-state index contributed by atoms with van der Waals surface area (Å²) >= 11 is 11.8. The van der Waals surface area contributed by atoms with Crippen LogP contribution >= 0.6 is 23.2 Å². The molecule has 0 aromatic heterocycles. The minimum atomic E-state index is -0.912. The Kier molecular flexibility index (Phi) is 6.05. The highest BCUT2D eigenvalue weighted by Gasteiger charge is 2.25. The van der Waals surface area contributed by atoms with Crippen LogP contribution in [-0.4, -0.2) is 17.0 Å². The Balaban J connectivity index is 2.65. The van der Waals surface area contributed by atoms with Gasteiger partial charge in [-0.1, -0.05) is 43.1 Å². The summed E-state index contributed by atoms with van der Waals surface area (Å²) in [4.78, 5) is 22.8. The van der Waals surface area contributed by atoms with Gasteiger partial charge in [-0.05, 0) is 30.0 Å². The van der Waals surface area contributed by atoms with Gasteiger partial charge in [-0.25, -0.2) is 0 Å². The fraction of sp³-hybridized carbons (Fsp3) is 0.467. The zero-order valence-electron chi connectivity index (χ0n) is 12.2. The van der Waals surface area contributed by atoms with Crippen molar-refractivity contribution < 1.29 is 14.7 Å². The summed E-state index contributed by atoms with van der Waals surface area (Å²) in [6, 6.07) is 4.95. The second-order valence-electron chi connectivity index (χ2n) is 5.87. The number of halogens is 2. The van der Waals surface area contributed by atoms with Gasteiger partial charge in [0.15, 0.2) is 0 Å². The van der Waals surface area contributed by atoms with Crippen molar-refractivity contribution in [2.45, 2.75) is 39.7 Å². The molecule has 0 aliphatic heterocycles. The first kappa shape index (κ1) is 17.8. The van der Waals surface area contributed by atoms with Gasteiger partial charge in [0.1, 0.15) is 0 Å². The molecule has 2 N–H and O–H groups in total. The van der Waals surface area contributed by atoms with E-state index < -0.39 is 11.4 Å². The SMILES string of the molecule is CC(NC(=O)CC(C)(C)CC(=O)O)c1ccc(Cl)c(Cl)c1. The largest absolute Gasteiger partial charge is 0.481 e. The molecule has 0 fully saturated rings. The summed E-state index contributed by atoms with van der Waals surface area (Å²) in [6.07, 6.45) is 0.0898. The van der Waals surface area contributed by atoms with E-state index >= 15 is 0 Å². The highest BCUT2D eigenvalue weighted by molar-refractivity contribution is 6.42. The van der Waals surface area contributed by atoms with Gasteiger partial charge in [0.2, 0.25) is 5.91 Å². The van der Waals surface area contributed by atoms with Gasteiger partial charge in [0, 0.05) is 6.42 Å². The van der Waals surface area contributed by atoms with Crippen LogP contribution < -0.4 is 5.32 Å². The van der Waals surface area contributed by atoms with Crippen LogP contribution in [0.4, 0.5) is 0 Å². The monoisotopic (exact) mass is 331 g/mol. The number of carboxylic acids is 1. The Labute approximate surface area is 134 Å². The van der Waals surface area contributed by atoms with E-state index in [4.69, 9.17) is 28.3 Å². The van der Waals surface area contributed by atoms with Gasteiger partial charge in [-0.3, -0.25) is 9.59 Å². The molecule has 0 saturated heterocycles. The van der Waals surface area contributed by atoms with Gasteiger partial charge in [-0.2, -0.15) is 0 Å². The van der Waals surface area contributed by atoms with Gasteiger partial charge in [0.25, 0.3) is 0 Å². The van der Waals surface area contributed by atoms with Crippen molar-refractivity contribution in [3.63, 3.8) is 0 Å². The molecule has 0 aliphatic rings. The molecule has 21 heavy (non-hydrogen) atoms. The van der Waals surface area contributed by atoms with Crippen molar-refractivity contribution in [1.29, 1.82) is 0 Å². The van der Waals surface area contributed by atoms with Gasteiger partial charge >= 0.3 is 5.97 Å². The Bertz CT molecular complexity index is 544. The highest BCUT2D eigenvalue weighted by Crippen LogP contribution is 2.27. The molecule has 0 spiro atoms. The Morgan fingerprint density at radius 3 is 2.38 bits per heavy atom. The summed E-state index contributed by atoms with van der Waals surface area (Å²) in [6.45, 7) is 5.34. The summed E-state index contributed by atoms with van der Waals surface area (Å²) in [5.41, 5.74) is 0.251. The van der Waals surface area contributed by atoms with Crippen molar-refractivity contribution in [1.82, 2.24) is 5.32 Å². The highest BCUT2D eigenvalue weighted by atomic mass is 35.5. The number of carbonyl (C=O) groups excluding carboxylic acids is 1. The smallest absolute Gasteiger partial charge is 0.303 e. The number of amides is 1. The standard InChI is InChI=1S/C15H19Cl2NO3/c1-9(10-4-5-11(16)12(17)6-10)18-13(19)7-15(2,3)8-14(20)21/h4-6,9H,7-8H2,1-3H3,(H,18,19)(H,20,21). The lowest BCUT2D eigenvalue weighted by atomic mass is 9.85.